The Bertz CT molecular complexity index is 565. The van der Waals surface area contributed by atoms with E-state index < -0.39 is 6.09 Å². The van der Waals surface area contributed by atoms with Crippen LogP contribution in [0.5, 0.6) is 5.75 Å². The Labute approximate surface area is 126 Å². The number of aromatic hydroxyl groups is 1. The fraction of sp³-hybridized carbons (Fsp3) is 0.588. The molecule has 1 heterocycles. The lowest BCUT2D eigenvalue weighted by molar-refractivity contribution is 0.176. The van der Waals surface area contributed by atoms with Gasteiger partial charge in [0.15, 0.2) is 0 Å². The summed E-state index contributed by atoms with van der Waals surface area (Å²) in [6.07, 6.45) is -0.433. The Hall–Kier alpha value is -1.71. The van der Waals surface area contributed by atoms with E-state index in [1.165, 1.54) is 0 Å². The van der Waals surface area contributed by atoms with Crippen LogP contribution in [-0.2, 0) is 15.6 Å². The number of ether oxygens (including phenoxy) is 1. The molecular weight excluding hydrogens is 266 g/mol. The van der Waals surface area contributed by atoms with Gasteiger partial charge < -0.3 is 15.2 Å². The van der Waals surface area contributed by atoms with Crippen LogP contribution in [0.25, 0.3) is 0 Å². The van der Waals surface area contributed by atoms with E-state index in [9.17, 15) is 9.90 Å². The first-order chi connectivity index (χ1) is 9.50. The standard InChI is InChI=1S/C17H25NO3/c1-16(2,3)10-7-11(13-9-21-15(20)18-13)14(19)12(8-10)17(4,5)6/h7-8,13,19H,9H2,1-6H3,(H,18,20)/t13-/m1/s1. The maximum absolute atomic E-state index is 11.3. The van der Waals surface area contributed by atoms with Crippen LogP contribution in [0.1, 0.15) is 64.3 Å². The van der Waals surface area contributed by atoms with Gasteiger partial charge in [-0.2, -0.15) is 0 Å². The van der Waals surface area contributed by atoms with Crippen LogP contribution < -0.4 is 5.32 Å². The molecule has 0 radical (unpaired) electrons. The second-order valence-corrected chi connectivity index (χ2v) is 7.76. The van der Waals surface area contributed by atoms with Crippen LogP contribution in [-0.4, -0.2) is 17.8 Å². The lowest BCUT2D eigenvalue weighted by atomic mass is 9.78. The van der Waals surface area contributed by atoms with Gasteiger partial charge in [0.05, 0.1) is 6.04 Å². The Balaban J connectivity index is 2.61. The zero-order chi connectivity index (χ0) is 16.0. The predicted octanol–water partition coefficient (Wildman–Crippen LogP) is 3.77. The summed E-state index contributed by atoms with van der Waals surface area (Å²) in [7, 11) is 0. The Morgan fingerprint density at radius 3 is 2.19 bits per heavy atom. The van der Waals surface area contributed by atoms with Crippen molar-refractivity contribution in [1.29, 1.82) is 0 Å². The fourth-order valence-electron chi connectivity index (χ4n) is 2.48. The number of carbonyl (C=O) groups excluding carboxylic acids is 1. The number of benzene rings is 1. The maximum atomic E-state index is 11.3. The summed E-state index contributed by atoms with van der Waals surface area (Å²) in [5.41, 5.74) is 2.56. The highest BCUT2D eigenvalue weighted by Gasteiger charge is 2.31. The number of amides is 1. The average Bonchev–Trinajstić information content (AvgIpc) is 2.72. The van der Waals surface area contributed by atoms with E-state index in [0.717, 1.165) is 16.7 Å². The first-order valence-corrected chi connectivity index (χ1v) is 7.31. The second-order valence-electron chi connectivity index (χ2n) is 7.76. The maximum Gasteiger partial charge on any atom is 0.407 e. The molecule has 1 aromatic rings. The number of hydrogen-bond donors (Lipinski definition) is 2. The molecule has 2 rings (SSSR count). The molecule has 1 atom stereocenters. The fourth-order valence-corrected chi connectivity index (χ4v) is 2.48. The monoisotopic (exact) mass is 291 g/mol. The molecule has 1 aliphatic heterocycles. The number of hydrogen-bond acceptors (Lipinski definition) is 3. The molecule has 1 aromatic carbocycles. The lowest BCUT2D eigenvalue weighted by Crippen LogP contribution is -2.22. The van der Waals surface area contributed by atoms with Crippen LogP contribution in [0.3, 0.4) is 0 Å². The highest BCUT2D eigenvalue weighted by atomic mass is 16.6. The lowest BCUT2D eigenvalue weighted by Gasteiger charge is -2.28. The van der Waals surface area contributed by atoms with Crippen molar-refractivity contribution in [3.05, 3.63) is 28.8 Å². The molecule has 4 nitrogen and oxygen atoms in total. The summed E-state index contributed by atoms with van der Waals surface area (Å²) >= 11 is 0. The number of rotatable bonds is 1. The van der Waals surface area contributed by atoms with Gasteiger partial charge in [-0.25, -0.2) is 4.79 Å². The third-order valence-electron chi connectivity index (χ3n) is 3.86. The van der Waals surface area contributed by atoms with Crippen molar-refractivity contribution in [2.24, 2.45) is 0 Å². The summed E-state index contributed by atoms with van der Waals surface area (Å²) in [6, 6.07) is 3.75. The molecule has 1 saturated heterocycles. The average molecular weight is 291 g/mol. The van der Waals surface area contributed by atoms with Crippen LogP contribution in [0.2, 0.25) is 0 Å². The SMILES string of the molecule is CC(C)(C)c1cc([C@H]2COC(=O)N2)c(O)c(C(C)(C)C)c1. The van der Waals surface area contributed by atoms with Gasteiger partial charge in [-0.15, -0.1) is 0 Å². The summed E-state index contributed by atoms with van der Waals surface area (Å²) < 4.78 is 4.96. The number of phenols is 1. The number of nitrogens with one attached hydrogen (secondary N) is 1. The van der Waals surface area contributed by atoms with Crippen molar-refractivity contribution in [2.75, 3.05) is 6.61 Å². The summed E-state index contributed by atoms with van der Waals surface area (Å²) in [6.45, 7) is 12.9. The zero-order valence-electron chi connectivity index (χ0n) is 13.7. The molecule has 0 aromatic heterocycles. The molecule has 0 bridgehead atoms. The highest BCUT2D eigenvalue weighted by molar-refractivity contribution is 5.70. The molecule has 1 aliphatic rings. The molecule has 1 amide bonds. The molecule has 116 valence electrons. The smallest absolute Gasteiger partial charge is 0.407 e. The van der Waals surface area contributed by atoms with E-state index in [1.807, 2.05) is 6.07 Å². The van der Waals surface area contributed by atoms with Gasteiger partial charge in [-0.1, -0.05) is 47.6 Å². The van der Waals surface area contributed by atoms with Crippen molar-refractivity contribution >= 4 is 6.09 Å². The number of cyclic esters (lactones) is 1. The van der Waals surface area contributed by atoms with E-state index in [-0.39, 0.29) is 29.2 Å². The number of phenolic OH excluding ortho intramolecular Hbond substituents is 1. The zero-order valence-corrected chi connectivity index (χ0v) is 13.7. The number of alkyl carbamates (subject to hydrolysis) is 1. The summed E-state index contributed by atoms with van der Waals surface area (Å²) in [5, 5.41) is 13.4. The predicted molar refractivity (Wildman–Crippen MR) is 82.7 cm³/mol. The molecule has 1 fully saturated rings. The van der Waals surface area contributed by atoms with Crippen molar-refractivity contribution in [3.63, 3.8) is 0 Å². The van der Waals surface area contributed by atoms with Crippen LogP contribution in [0.4, 0.5) is 4.79 Å². The van der Waals surface area contributed by atoms with Gasteiger partial charge in [0, 0.05) is 5.56 Å². The molecule has 21 heavy (non-hydrogen) atoms. The van der Waals surface area contributed by atoms with Crippen LogP contribution in [0, 0.1) is 0 Å². The van der Waals surface area contributed by atoms with Gasteiger partial charge in [0.1, 0.15) is 12.4 Å². The molecule has 0 unspecified atom stereocenters. The third-order valence-corrected chi connectivity index (χ3v) is 3.86. The Kier molecular flexibility index (Phi) is 3.68. The quantitative estimate of drug-likeness (QED) is 0.828. The van der Waals surface area contributed by atoms with Gasteiger partial charge in [0.2, 0.25) is 0 Å². The van der Waals surface area contributed by atoms with Crippen LogP contribution in [0.15, 0.2) is 12.1 Å². The molecule has 0 aliphatic carbocycles. The van der Waals surface area contributed by atoms with E-state index >= 15 is 0 Å². The number of carbonyl (C=O) groups is 1. The van der Waals surface area contributed by atoms with Crippen molar-refractivity contribution < 1.29 is 14.6 Å². The first-order valence-electron chi connectivity index (χ1n) is 7.31. The third kappa shape index (κ3) is 3.14. The minimum Gasteiger partial charge on any atom is -0.507 e. The van der Waals surface area contributed by atoms with Gasteiger partial charge >= 0.3 is 6.09 Å². The molecule has 2 N–H and O–H groups in total. The van der Waals surface area contributed by atoms with E-state index in [4.69, 9.17) is 4.74 Å². The van der Waals surface area contributed by atoms with Gasteiger partial charge in [-0.3, -0.25) is 0 Å². The van der Waals surface area contributed by atoms with E-state index in [1.54, 1.807) is 0 Å². The van der Waals surface area contributed by atoms with E-state index in [0.29, 0.717) is 0 Å². The van der Waals surface area contributed by atoms with E-state index in [2.05, 4.69) is 52.9 Å². The molecule has 0 saturated carbocycles. The molecule has 4 heteroatoms. The minimum atomic E-state index is -0.433. The largest absolute Gasteiger partial charge is 0.507 e. The summed E-state index contributed by atoms with van der Waals surface area (Å²) in [5.74, 6) is 0.256. The van der Waals surface area contributed by atoms with Crippen molar-refractivity contribution in [2.45, 2.75) is 58.4 Å². The molecular formula is C17H25NO3. The topological polar surface area (TPSA) is 58.6 Å². The van der Waals surface area contributed by atoms with Crippen molar-refractivity contribution in [3.8, 4) is 5.75 Å². The molecule has 0 spiro atoms. The second kappa shape index (κ2) is 4.93. The summed E-state index contributed by atoms with van der Waals surface area (Å²) in [4.78, 5) is 11.3. The Morgan fingerprint density at radius 1 is 1.14 bits per heavy atom. The first kappa shape index (κ1) is 15.7. The Morgan fingerprint density at radius 2 is 1.76 bits per heavy atom. The van der Waals surface area contributed by atoms with Gasteiger partial charge in [-0.05, 0) is 28.0 Å². The normalized spacial score (nSPS) is 19.3. The van der Waals surface area contributed by atoms with Crippen molar-refractivity contribution in [1.82, 2.24) is 5.32 Å². The van der Waals surface area contributed by atoms with Gasteiger partial charge in [0.25, 0.3) is 0 Å². The highest BCUT2D eigenvalue weighted by Crippen LogP contribution is 2.40. The van der Waals surface area contributed by atoms with Crippen LogP contribution >= 0.6 is 0 Å². The minimum absolute atomic E-state index is 0.0358.